The van der Waals surface area contributed by atoms with E-state index in [0.29, 0.717) is 30.2 Å². The number of rotatable bonds is 8. The second kappa shape index (κ2) is 8.86. The van der Waals surface area contributed by atoms with Gasteiger partial charge >= 0.3 is 11.9 Å². The molecule has 0 aliphatic heterocycles. The highest BCUT2D eigenvalue weighted by Crippen LogP contribution is 2.17. The summed E-state index contributed by atoms with van der Waals surface area (Å²) in [5.74, 6) is -0.0484. The van der Waals surface area contributed by atoms with E-state index in [4.69, 9.17) is 14.2 Å². The minimum atomic E-state index is -0.418. The lowest BCUT2D eigenvalue weighted by molar-refractivity contribution is -0.142. The van der Waals surface area contributed by atoms with Gasteiger partial charge in [0.05, 0.1) is 31.5 Å². The van der Waals surface area contributed by atoms with Crippen LogP contribution < -0.4 is 4.74 Å². The SMILES string of the molecule is CCOC(=O)Cc1ccc(OCc2c(C(=O)OCC)cnn2C)cc1. The van der Waals surface area contributed by atoms with Gasteiger partial charge in [-0.25, -0.2) is 4.79 Å². The fourth-order valence-corrected chi connectivity index (χ4v) is 2.25. The minimum Gasteiger partial charge on any atom is -0.487 e. The van der Waals surface area contributed by atoms with Crippen molar-refractivity contribution in [3.63, 3.8) is 0 Å². The molecule has 0 fully saturated rings. The molecule has 0 amide bonds. The van der Waals surface area contributed by atoms with Crippen molar-refractivity contribution in [3.8, 4) is 5.75 Å². The van der Waals surface area contributed by atoms with Crippen LogP contribution in [0.4, 0.5) is 0 Å². The van der Waals surface area contributed by atoms with E-state index in [9.17, 15) is 9.59 Å². The molecule has 0 aliphatic rings. The summed E-state index contributed by atoms with van der Waals surface area (Å²) in [6, 6.07) is 7.16. The zero-order chi connectivity index (χ0) is 18.2. The van der Waals surface area contributed by atoms with Crippen molar-refractivity contribution in [3.05, 3.63) is 47.3 Å². The molecule has 0 atom stereocenters. The summed E-state index contributed by atoms with van der Waals surface area (Å²) in [5, 5.41) is 4.08. The number of aromatic nitrogens is 2. The van der Waals surface area contributed by atoms with Crippen molar-refractivity contribution in [2.75, 3.05) is 13.2 Å². The Labute approximate surface area is 146 Å². The Bertz CT molecular complexity index is 722. The highest BCUT2D eigenvalue weighted by molar-refractivity contribution is 5.90. The average Bonchev–Trinajstić information content (AvgIpc) is 2.95. The summed E-state index contributed by atoms with van der Waals surface area (Å²) < 4.78 is 17.2. The minimum absolute atomic E-state index is 0.182. The Balaban J connectivity index is 1.99. The van der Waals surface area contributed by atoms with Crippen LogP contribution in [0.3, 0.4) is 0 Å². The van der Waals surface area contributed by atoms with Crippen LogP contribution in [0, 0.1) is 0 Å². The van der Waals surface area contributed by atoms with Gasteiger partial charge in [-0.3, -0.25) is 9.48 Å². The third-order valence-corrected chi connectivity index (χ3v) is 3.51. The Morgan fingerprint density at radius 1 is 1.08 bits per heavy atom. The van der Waals surface area contributed by atoms with Gasteiger partial charge in [-0.15, -0.1) is 0 Å². The van der Waals surface area contributed by atoms with Crippen molar-refractivity contribution < 1.29 is 23.8 Å². The van der Waals surface area contributed by atoms with Gasteiger partial charge < -0.3 is 14.2 Å². The molecular weight excluding hydrogens is 324 g/mol. The highest BCUT2D eigenvalue weighted by Gasteiger charge is 2.17. The average molecular weight is 346 g/mol. The molecule has 0 unspecified atom stereocenters. The standard InChI is InChI=1S/C18H22N2O5/c1-4-23-17(21)10-13-6-8-14(9-7-13)25-12-16-15(11-19-20(16)3)18(22)24-5-2/h6-9,11H,4-5,10,12H2,1-3H3. The first-order valence-corrected chi connectivity index (χ1v) is 8.10. The van der Waals surface area contributed by atoms with E-state index in [2.05, 4.69) is 5.10 Å². The van der Waals surface area contributed by atoms with Gasteiger partial charge in [-0.1, -0.05) is 12.1 Å². The number of carbonyl (C=O) groups is 2. The Hall–Kier alpha value is -2.83. The molecule has 0 N–H and O–H groups in total. The number of aryl methyl sites for hydroxylation is 1. The summed E-state index contributed by atoms with van der Waals surface area (Å²) in [7, 11) is 1.74. The van der Waals surface area contributed by atoms with E-state index in [1.54, 1.807) is 37.7 Å². The molecule has 0 aliphatic carbocycles. The summed E-state index contributed by atoms with van der Waals surface area (Å²) in [6.07, 6.45) is 1.70. The van der Waals surface area contributed by atoms with Crippen molar-refractivity contribution >= 4 is 11.9 Å². The van der Waals surface area contributed by atoms with E-state index < -0.39 is 5.97 Å². The Kier molecular flexibility index (Phi) is 6.56. The molecule has 0 bridgehead atoms. The van der Waals surface area contributed by atoms with E-state index in [0.717, 1.165) is 5.56 Å². The summed E-state index contributed by atoms with van der Waals surface area (Å²) in [6.45, 7) is 4.38. The van der Waals surface area contributed by atoms with Gasteiger partial charge in [0.1, 0.15) is 17.9 Å². The van der Waals surface area contributed by atoms with Gasteiger partial charge in [-0.05, 0) is 31.5 Å². The first-order chi connectivity index (χ1) is 12.0. The predicted octanol–water partition coefficient (Wildman–Crippen LogP) is 2.28. The number of esters is 2. The lowest BCUT2D eigenvalue weighted by Gasteiger charge is -2.09. The maximum absolute atomic E-state index is 11.9. The molecule has 0 spiro atoms. The summed E-state index contributed by atoms with van der Waals surface area (Å²) >= 11 is 0. The second-order valence-electron chi connectivity index (χ2n) is 5.26. The van der Waals surface area contributed by atoms with Gasteiger partial charge in [0.2, 0.25) is 0 Å². The molecular formula is C18H22N2O5. The lowest BCUT2D eigenvalue weighted by atomic mass is 10.1. The number of nitrogens with zero attached hydrogens (tertiary/aromatic N) is 2. The quantitative estimate of drug-likeness (QED) is 0.682. The molecule has 1 aromatic heterocycles. The third-order valence-electron chi connectivity index (χ3n) is 3.51. The van der Waals surface area contributed by atoms with Crippen molar-refractivity contribution in [2.24, 2.45) is 7.05 Å². The van der Waals surface area contributed by atoms with Crippen LogP contribution in [-0.2, 0) is 34.3 Å². The maximum atomic E-state index is 11.9. The molecule has 25 heavy (non-hydrogen) atoms. The largest absolute Gasteiger partial charge is 0.487 e. The van der Waals surface area contributed by atoms with Gasteiger partial charge in [-0.2, -0.15) is 5.10 Å². The summed E-state index contributed by atoms with van der Waals surface area (Å²) in [5.41, 5.74) is 1.87. The van der Waals surface area contributed by atoms with Crippen molar-refractivity contribution in [2.45, 2.75) is 26.9 Å². The first-order valence-electron chi connectivity index (χ1n) is 8.10. The van der Waals surface area contributed by atoms with Crippen molar-refractivity contribution in [1.82, 2.24) is 9.78 Å². The number of ether oxygens (including phenoxy) is 3. The van der Waals surface area contributed by atoms with Crippen LogP contribution in [-0.4, -0.2) is 34.9 Å². The van der Waals surface area contributed by atoms with Crippen LogP contribution in [0.1, 0.15) is 35.5 Å². The second-order valence-corrected chi connectivity index (χ2v) is 5.26. The first kappa shape index (κ1) is 18.5. The van der Waals surface area contributed by atoms with Gasteiger partial charge in [0.15, 0.2) is 0 Å². The molecule has 0 saturated carbocycles. The fourth-order valence-electron chi connectivity index (χ4n) is 2.25. The van der Waals surface area contributed by atoms with E-state index in [1.165, 1.54) is 6.20 Å². The van der Waals surface area contributed by atoms with Crippen LogP contribution in [0.5, 0.6) is 5.75 Å². The monoisotopic (exact) mass is 346 g/mol. The number of hydrogen-bond acceptors (Lipinski definition) is 6. The third kappa shape index (κ3) is 5.07. The van der Waals surface area contributed by atoms with Crippen LogP contribution in [0.25, 0.3) is 0 Å². The number of carbonyl (C=O) groups excluding carboxylic acids is 2. The zero-order valence-electron chi connectivity index (χ0n) is 14.7. The van der Waals surface area contributed by atoms with E-state index >= 15 is 0 Å². The summed E-state index contributed by atoms with van der Waals surface area (Å²) in [4.78, 5) is 23.4. The maximum Gasteiger partial charge on any atom is 0.341 e. The van der Waals surface area contributed by atoms with Gasteiger partial charge in [0, 0.05) is 7.05 Å². The van der Waals surface area contributed by atoms with E-state index in [-0.39, 0.29) is 19.0 Å². The molecule has 0 radical (unpaired) electrons. The molecule has 0 saturated heterocycles. The number of hydrogen-bond donors (Lipinski definition) is 0. The zero-order valence-corrected chi connectivity index (χ0v) is 14.7. The molecule has 134 valence electrons. The van der Waals surface area contributed by atoms with Gasteiger partial charge in [0.25, 0.3) is 0 Å². The van der Waals surface area contributed by atoms with Crippen LogP contribution >= 0.6 is 0 Å². The fraction of sp³-hybridized carbons (Fsp3) is 0.389. The van der Waals surface area contributed by atoms with Crippen LogP contribution in [0.15, 0.2) is 30.5 Å². The topological polar surface area (TPSA) is 79.7 Å². The highest BCUT2D eigenvalue weighted by atomic mass is 16.5. The Morgan fingerprint density at radius 3 is 2.40 bits per heavy atom. The molecule has 1 aromatic carbocycles. The van der Waals surface area contributed by atoms with Crippen LogP contribution in [0.2, 0.25) is 0 Å². The smallest absolute Gasteiger partial charge is 0.341 e. The normalized spacial score (nSPS) is 10.4. The predicted molar refractivity (Wildman–Crippen MR) is 90.3 cm³/mol. The Morgan fingerprint density at radius 2 is 1.76 bits per heavy atom. The lowest BCUT2D eigenvalue weighted by Crippen LogP contribution is -2.11. The number of benzene rings is 1. The van der Waals surface area contributed by atoms with Crippen molar-refractivity contribution in [1.29, 1.82) is 0 Å². The molecule has 7 nitrogen and oxygen atoms in total. The molecule has 7 heteroatoms. The molecule has 1 heterocycles. The molecule has 2 aromatic rings. The molecule has 2 rings (SSSR count). The van der Waals surface area contributed by atoms with E-state index in [1.807, 2.05) is 12.1 Å².